The van der Waals surface area contributed by atoms with Gasteiger partial charge in [0, 0.05) is 12.6 Å². The molecule has 1 N–H and O–H groups in total. The first-order valence-corrected chi connectivity index (χ1v) is 14.3. The van der Waals surface area contributed by atoms with Crippen molar-refractivity contribution in [3.8, 4) is 5.75 Å². The molecule has 3 aromatic rings. The number of anilines is 1. The molecule has 39 heavy (non-hydrogen) atoms. The van der Waals surface area contributed by atoms with Crippen molar-refractivity contribution in [1.29, 1.82) is 0 Å². The number of benzene rings is 3. The Bertz CT molecular complexity index is 1410. The molecule has 0 bridgehead atoms. The fourth-order valence-corrected chi connectivity index (χ4v) is 5.62. The van der Waals surface area contributed by atoms with Crippen LogP contribution in [0, 0.1) is 13.8 Å². The third-order valence-corrected chi connectivity index (χ3v) is 8.19. The van der Waals surface area contributed by atoms with Crippen molar-refractivity contribution in [2.24, 2.45) is 0 Å². The summed E-state index contributed by atoms with van der Waals surface area (Å²) in [5.41, 5.74) is 2.86. The molecule has 208 valence electrons. The average Bonchev–Trinajstić information content (AvgIpc) is 2.90. The predicted molar refractivity (Wildman–Crippen MR) is 153 cm³/mol. The van der Waals surface area contributed by atoms with E-state index >= 15 is 0 Å². The lowest BCUT2D eigenvalue weighted by Crippen LogP contribution is -2.52. The van der Waals surface area contributed by atoms with E-state index in [2.05, 4.69) is 5.32 Å². The molecule has 0 saturated carbocycles. The number of hydrogen-bond donors (Lipinski definition) is 1. The predicted octanol–water partition coefficient (Wildman–Crippen LogP) is 4.45. The standard InChI is InChI=1S/C30H37N3O5S/c1-21(2)31-30(35)24(5)32(19-25-13-11-10-12-23(25)4)29(34)20-33(27-18-22(3)16-17-28(27)38-6)39(36,37)26-14-8-7-9-15-26/h7-18,21,24H,19-20H2,1-6H3,(H,31,35)/t24-/m1/s1. The molecule has 0 aliphatic rings. The second-order valence-corrected chi connectivity index (χ2v) is 11.6. The molecular weight excluding hydrogens is 514 g/mol. The van der Waals surface area contributed by atoms with E-state index in [1.54, 1.807) is 43.3 Å². The van der Waals surface area contributed by atoms with Crippen LogP contribution in [0.4, 0.5) is 5.69 Å². The van der Waals surface area contributed by atoms with E-state index < -0.39 is 28.5 Å². The molecule has 9 heteroatoms. The molecule has 0 radical (unpaired) electrons. The van der Waals surface area contributed by atoms with E-state index in [9.17, 15) is 18.0 Å². The summed E-state index contributed by atoms with van der Waals surface area (Å²) in [6.45, 7) is 8.72. The number of amides is 2. The highest BCUT2D eigenvalue weighted by Crippen LogP contribution is 2.33. The summed E-state index contributed by atoms with van der Waals surface area (Å²) < 4.78 is 34.5. The Balaban J connectivity index is 2.10. The van der Waals surface area contributed by atoms with Crippen LogP contribution in [0.3, 0.4) is 0 Å². The van der Waals surface area contributed by atoms with Crippen LogP contribution in [0.2, 0.25) is 0 Å². The van der Waals surface area contributed by atoms with Gasteiger partial charge in [-0.1, -0.05) is 48.5 Å². The Morgan fingerprint density at radius 2 is 1.56 bits per heavy atom. The van der Waals surface area contributed by atoms with E-state index in [0.717, 1.165) is 21.0 Å². The molecule has 0 aliphatic carbocycles. The normalized spacial score (nSPS) is 12.1. The average molecular weight is 552 g/mol. The minimum absolute atomic E-state index is 0.0393. The summed E-state index contributed by atoms with van der Waals surface area (Å²) in [5, 5.41) is 2.86. The van der Waals surface area contributed by atoms with Crippen LogP contribution in [0.1, 0.15) is 37.5 Å². The number of methoxy groups -OCH3 is 1. The van der Waals surface area contributed by atoms with Crippen molar-refractivity contribution in [2.45, 2.75) is 58.1 Å². The van der Waals surface area contributed by atoms with Crippen LogP contribution in [-0.4, -0.2) is 50.9 Å². The van der Waals surface area contributed by atoms with E-state index in [1.807, 2.05) is 52.0 Å². The second kappa shape index (κ2) is 12.8. The number of carbonyl (C=O) groups excluding carboxylic acids is 2. The maximum absolute atomic E-state index is 14.0. The molecule has 0 aliphatic heterocycles. The third kappa shape index (κ3) is 7.17. The Labute approximate surface area is 231 Å². The summed E-state index contributed by atoms with van der Waals surface area (Å²) in [5.74, 6) is -0.533. The number of ether oxygens (including phenoxy) is 1. The molecule has 0 saturated heterocycles. The van der Waals surface area contributed by atoms with Gasteiger partial charge in [-0.05, 0) is 75.6 Å². The van der Waals surface area contributed by atoms with Crippen molar-refractivity contribution >= 4 is 27.5 Å². The van der Waals surface area contributed by atoms with Gasteiger partial charge in [0.25, 0.3) is 10.0 Å². The zero-order valence-corrected chi connectivity index (χ0v) is 24.2. The second-order valence-electron chi connectivity index (χ2n) is 9.79. The third-order valence-electron chi connectivity index (χ3n) is 6.41. The first-order valence-electron chi connectivity index (χ1n) is 12.8. The monoisotopic (exact) mass is 551 g/mol. The zero-order chi connectivity index (χ0) is 28.7. The quantitative estimate of drug-likeness (QED) is 0.380. The van der Waals surface area contributed by atoms with E-state index in [-0.39, 0.29) is 29.1 Å². The SMILES string of the molecule is COc1ccc(C)cc1N(CC(=O)N(Cc1ccccc1C)[C@H](C)C(=O)NC(C)C)S(=O)(=O)c1ccccc1. The number of rotatable bonds is 11. The Hall–Kier alpha value is -3.85. The molecule has 0 aromatic heterocycles. The van der Waals surface area contributed by atoms with Gasteiger partial charge in [0.15, 0.2) is 0 Å². The molecule has 3 rings (SSSR count). The number of sulfonamides is 1. The number of aryl methyl sites for hydroxylation is 2. The van der Waals surface area contributed by atoms with Gasteiger partial charge in [-0.3, -0.25) is 13.9 Å². The molecule has 3 aromatic carbocycles. The topological polar surface area (TPSA) is 96.0 Å². The van der Waals surface area contributed by atoms with Gasteiger partial charge in [-0.2, -0.15) is 0 Å². The van der Waals surface area contributed by atoms with Gasteiger partial charge in [-0.15, -0.1) is 0 Å². The molecule has 8 nitrogen and oxygen atoms in total. The van der Waals surface area contributed by atoms with Crippen molar-refractivity contribution in [3.63, 3.8) is 0 Å². The van der Waals surface area contributed by atoms with Crippen molar-refractivity contribution in [2.75, 3.05) is 18.0 Å². The van der Waals surface area contributed by atoms with Crippen LogP contribution in [-0.2, 0) is 26.2 Å². The first kappa shape index (κ1) is 29.7. The number of nitrogens with zero attached hydrogens (tertiary/aromatic N) is 2. The van der Waals surface area contributed by atoms with Crippen LogP contribution in [0.15, 0.2) is 77.7 Å². The molecule has 1 atom stereocenters. The zero-order valence-electron chi connectivity index (χ0n) is 23.3. The minimum atomic E-state index is -4.17. The Morgan fingerprint density at radius 3 is 2.18 bits per heavy atom. The number of hydrogen-bond acceptors (Lipinski definition) is 5. The fraction of sp³-hybridized carbons (Fsp3) is 0.333. The van der Waals surface area contributed by atoms with Crippen LogP contribution >= 0.6 is 0 Å². The van der Waals surface area contributed by atoms with Crippen LogP contribution < -0.4 is 14.4 Å². The lowest BCUT2D eigenvalue weighted by molar-refractivity contribution is -0.139. The largest absolute Gasteiger partial charge is 0.495 e. The van der Waals surface area contributed by atoms with Crippen molar-refractivity contribution < 1.29 is 22.7 Å². The number of nitrogens with one attached hydrogen (secondary N) is 1. The van der Waals surface area contributed by atoms with E-state index in [1.165, 1.54) is 24.1 Å². The highest BCUT2D eigenvalue weighted by Gasteiger charge is 2.34. The van der Waals surface area contributed by atoms with E-state index in [0.29, 0.717) is 5.75 Å². The smallest absolute Gasteiger partial charge is 0.264 e. The van der Waals surface area contributed by atoms with Crippen molar-refractivity contribution in [3.05, 3.63) is 89.5 Å². The van der Waals surface area contributed by atoms with Gasteiger partial charge in [-0.25, -0.2) is 8.42 Å². The highest BCUT2D eigenvalue weighted by atomic mass is 32.2. The summed E-state index contributed by atoms with van der Waals surface area (Å²) in [7, 11) is -2.72. The molecule has 0 heterocycles. The summed E-state index contributed by atoms with van der Waals surface area (Å²) in [6.07, 6.45) is 0. The maximum Gasteiger partial charge on any atom is 0.264 e. The van der Waals surface area contributed by atoms with Gasteiger partial charge in [0.1, 0.15) is 18.3 Å². The summed E-state index contributed by atoms with van der Waals surface area (Å²) >= 11 is 0. The number of carbonyl (C=O) groups is 2. The van der Waals surface area contributed by atoms with E-state index in [4.69, 9.17) is 4.74 Å². The molecule has 0 spiro atoms. The van der Waals surface area contributed by atoms with Crippen LogP contribution in [0.25, 0.3) is 0 Å². The van der Waals surface area contributed by atoms with Gasteiger partial charge >= 0.3 is 0 Å². The Kier molecular flexibility index (Phi) is 9.75. The summed E-state index contributed by atoms with van der Waals surface area (Å²) in [6, 6.07) is 19.7. The lowest BCUT2D eigenvalue weighted by atomic mass is 10.1. The molecule has 0 fully saturated rings. The minimum Gasteiger partial charge on any atom is -0.495 e. The van der Waals surface area contributed by atoms with Gasteiger partial charge in [0.2, 0.25) is 11.8 Å². The Morgan fingerprint density at radius 1 is 0.923 bits per heavy atom. The molecule has 2 amide bonds. The first-order chi connectivity index (χ1) is 18.4. The van der Waals surface area contributed by atoms with Crippen molar-refractivity contribution in [1.82, 2.24) is 10.2 Å². The molecular formula is C30H37N3O5S. The highest BCUT2D eigenvalue weighted by molar-refractivity contribution is 7.92. The fourth-order valence-electron chi connectivity index (χ4n) is 4.19. The van der Waals surface area contributed by atoms with Crippen LogP contribution in [0.5, 0.6) is 5.75 Å². The van der Waals surface area contributed by atoms with Gasteiger partial charge < -0.3 is 15.0 Å². The van der Waals surface area contributed by atoms with Gasteiger partial charge in [0.05, 0.1) is 17.7 Å². The lowest BCUT2D eigenvalue weighted by Gasteiger charge is -2.33. The maximum atomic E-state index is 14.0. The molecule has 0 unspecified atom stereocenters. The summed E-state index contributed by atoms with van der Waals surface area (Å²) in [4.78, 5) is 28.5.